The molecule has 3 aromatic rings. The largest absolute Gasteiger partial charge is 0.545 e. The van der Waals surface area contributed by atoms with Gasteiger partial charge in [-0.1, -0.05) is 36.4 Å². The summed E-state index contributed by atoms with van der Waals surface area (Å²) in [5.41, 5.74) is 2.87. The van der Waals surface area contributed by atoms with E-state index in [0.29, 0.717) is 22.3 Å². The van der Waals surface area contributed by atoms with Gasteiger partial charge in [0, 0.05) is 23.6 Å². The monoisotopic (exact) mass is 331 g/mol. The number of fused-ring (bicyclic) bond motifs is 1. The van der Waals surface area contributed by atoms with Crippen molar-refractivity contribution in [2.24, 2.45) is 0 Å². The van der Waals surface area contributed by atoms with Crippen molar-refractivity contribution in [3.05, 3.63) is 71.4 Å². The van der Waals surface area contributed by atoms with E-state index < -0.39 is 5.97 Å². The molecular formula is C20H15N2O3-. The Morgan fingerprint density at radius 1 is 1.04 bits per heavy atom. The van der Waals surface area contributed by atoms with Crippen LogP contribution >= 0.6 is 0 Å². The van der Waals surface area contributed by atoms with Gasteiger partial charge in [-0.15, -0.1) is 0 Å². The molecule has 0 aliphatic carbocycles. The Balaban J connectivity index is 1.90. The molecule has 5 heteroatoms. The summed E-state index contributed by atoms with van der Waals surface area (Å²) in [6.45, 7) is 1.45. The summed E-state index contributed by atoms with van der Waals surface area (Å²) in [7, 11) is 0. The molecule has 0 radical (unpaired) electrons. The number of anilines is 1. The summed E-state index contributed by atoms with van der Waals surface area (Å²) in [5, 5.41) is 14.6. The second-order valence-corrected chi connectivity index (χ2v) is 5.54. The molecule has 0 aliphatic heterocycles. The number of carboxylic acids is 1. The van der Waals surface area contributed by atoms with Crippen molar-refractivity contribution < 1.29 is 14.7 Å². The Labute approximate surface area is 144 Å². The molecule has 0 bridgehead atoms. The summed E-state index contributed by atoms with van der Waals surface area (Å²) in [4.78, 5) is 26.8. The third-order valence-electron chi connectivity index (χ3n) is 3.63. The molecule has 25 heavy (non-hydrogen) atoms. The summed E-state index contributed by atoms with van der Waals surface area (Å²) in [5.74, 6) is -1.36. The van der Waals surface area contributed by atoms with Crippen LogP contribution in [-0.4, -0.2) is 16.9 Å². The minimum Gasteiger partial charge on any atom is -0.545 e. The second kappa shape index (κ2) is 6.97. The highest BCUT2D eigenvalue weighted by molar-refractivity contribution is 6.02. The molecule has 0 atom stereocenters. The number of nitrogens with zero attached hydrogens (tertiary/aromatic N) is 1. The van der Waals surface area contributed by atoms with Gasteiger partial charge >= 0.3 is 0 Å². The number of carbonyl (C=O) groups excluding carboxylic acids is 2. The number of amides is 1. The zero-order valence-corrected chi connectivity index (χ0v) is 13.5. The van der Waals surface area contributed by atoms with Crippen LogP contribution in [0.4, 0.5) is 5.69 Å². The molecule has 2 aromatic carbocycles. The van der Waals surface area contributed by atoms with Crippen molar-refractivity contribution in [2.75, 3.05) is 5.32 Å². The number of nitrogens with one attached hydrogen (secondary N) is 1. The van der Waals surface area contributed by atoms with Gasteiger partial charge < -0.3 is 15.2 Å². The molecule has 1 heterocycles. The molecule has 1 amide bonds. The van der Waals surface area contributed by atoms with E-state index in [4.69, 9.17) is 0 Å². The lowest BCUT2D eigenvalue weighted by Crippen LogP contribution is -2.22. The van der Waals surface area contributed by atoms with Crippen LogP contribution < -0.4 is 10.4 Å². The van der Waals surface area contributed by atoms with Gasteiger partial charge in [0.2, 0.25) is 5.91 Å². The third-order valence-corrected chi connectivity index (χ3v) is 3.63. The lowest BCUT2D eigenvalue weighted by molar-refractivity contribution is -0.254. The minimum atomic E-state index is -1.23. The number of hydrogen-bond donors (Lipinski definition) is 1. The van der Waals surface area contributed by atoms with Gasteiger partial charge in [0.1, 0.15) is 0 Å². The van der Waals surface area contributed by atoms with Crippen LogP contribution in [0, 0.1) is 0 Å². The van der Waals surface area contributed by atoms with E-state index in [1.807, 2.05) is 24.3 Å². The van der Waals surface area contributed by atoms with Crippen LogP contribution in [0.5, 0.6) is 0 Å². The van der Waals surface area contributed by atoms with Crippen LogP contribution in [0.15, 0.2) is 54.6 Å². The topological polar surface area (TPSA) is 82.1 Å². The molecule has 0 fully saturated rings. The predicted molar refractivity (Wildman–Crippen MR) is 95.7 cm³/mol. The van der Waals surface area contributed by atoms with Crippen molar-refractivity contribution in [3.63, 3.8) is 0 Å². The molecule has 0 spiro atoms. The first kappa shape index (κ1) is 16.4. The summed E-state index contributed by atoms with van der Waals surface area (Å²) in [6.07, 6.45) is 3.57. The first-order chi connectivity index (χ1) is 12.0. The van der Waals surface area contributed by atoms with Crippen LogP contribution in [-0.2, 0) is 4.79 Å². The van der Waals surface area contributed by atoms with Crippen molar-refractivity contribution in [1.29, 1.82) is 0 Å². The molecule has 3 rings (SSSR count). The van der Waals surface area contributed by atoms with Crippen LogP contribution in [0.2, 0.25) is 0 Å². The molecular weight excluding hydrogens is 316 g/mol. The van der Waals surface area contributed by atoms with E-state index in [9.17, 15) is 14.7 Å². The van der Waals surface area contributed by atoms with Gasteiger partial charge in [-0.3, -0.25) is 4.79 Å². The average Bonchev–Trinajstić information content (AvgIpc) is 2.60. The zero-order chi connectivity index (χ0) is 17.8. The number of hydrogen-bond acceptors (Lipinski definition) is 4. The summed E-state index contributed by atoms with van der Waals surface area (Å²) < 4.78 is 0. The van der Waals surface area contributed by atoms with E-state index in [1.54, 1.807) is 36.4 Å². The maximum Gasteiger partial charge on any atom is 0.221 e. The van der Waals surface area contributed by atoms with E-state index in [-0.39, 0.29) is 11.5 Å². The number of rotatable bonds is 4. The van der Waals surface area contributed by atoms with Gasteiger partial charge in [-0.25, -0.2) is 4.98 Å². The normalized spacial score (nSPS) is 10.9. The van der Waals surface area contributed by atoms with E-state index in [1.165, 1.54) is 13.0 Å². The van der Waals surface area contributed by atoms with Crippen LogP contribution in [0.25, 0.3) is 23.1 Å². The number of para-hydroxylation sites is 1. The fraction of sp³-hybridized carbons (Fsp3) is 0.0500. The Hall–Kier alpha value is -3.47. The number of carbonyl (C=O) groups is 2. The van der Waals surface area contributed by atoms with Gasteiger partial charge in [0.15, 0.2) is 0 Å². The number of aromatic carboxylic acids is 1. The van der Waals surface area contributed by atoms with E-state index >= 15 is 0 Å². The van der Waals surface area contributed by atoms with Crippen molar-refractivity contribution in [1.82, 2.24) is 4.98 Å². The molecule has 1 N–H and O–H groups in total. The lowest BCUT2D eigenvalue weighted by atomic mass is 10.1. The molecule has 0 saturated carbocycles. The smallest absolute Gasteiger partial charge is 0.221 e. The van der Waals surface area contributed by atoms with Gasteiger partial charge in [0.25, 0.3) is 0 Å². The molecule has 124 valence electrons. The number of aromatic nitrogens is 1. The quantitative estimate of drug-likeness (QED) is 0.797. The fourth-order valence-corrected chi connectivity index (χ4v) is 2.51. The Morgan fingerprint density at radius 3 is 2.44 bits per heavy atom. The van der Waals surface area contributed by atoms with E-state index in [0.717, 1.165) is 5.56 Å². The highest BCUT2D eigenvalue weighted by Crippen LogP contribution is 2.19. The standard InChI is InChI=1S/C20H16N2O3/c1-13(23)21-15-9-6-14(7-10-15)8-11-16-12-18(20(24)25)17-4-2-3-5-19(17)22-16/h2-12H,1H3,(H,21,23)(H,24,25)/p-1/b11-8+. The van der Waals surface area contributed by atoms with Gasteiger partial charge in [-0.05, 0) is 35.9 Å². The summed E-state index contributed by atoms with van der Waals surface area (Å²) in [6, 6.07) is 15.8. The SMILES string of the molecule is CC(=O)Nc1ccc(/C=C/c2cc(C(=O)[O-])c3ccccc3n2)cc1. The maximum atomic E-state index is 11.4. The second-order valence-electron chi connectivity index (χ2n) is 5.54. The number of carboxylic acid groups (broad SMARTS) is 1. The van der Waals surface area contributed by atoms with Gasteiger partial charge in [-0.2, -0.15) is 0 Å². The van der Waals surface area contributed by atoms with Crippen LogP contribution in [0.3, 0.4) is 0 Å². The minimum absolute atomic E-state index is 0.117. The lowest BCUT2D eigenvalue weighted by Gasteiger charge is -2.08. The molecule has 0 aliphatic rings. The molecule has 1 aromatic heterocycles. The van der Waals surface area contributed by atoms with Crippen LogP contribution in [0.1, 0.15) is 28.5 Å². The highest BCUT2D eigenvalue weighted by Gasteiger charge is 2.05. The third kappa shape index (κ3) is 3.90. The van der Waals surface area contributed by atoms with Crippen molar-refractivity contribution >= 4 is 40.6 Å². The predicted octanol–water partition coefficient (Wildman–Crippen LogP) is 2.73. The first-order valence-electron chi connectivity index (χ1n) is 7.70. The molecule has 0 saturated heterocycles. The maximum absolute atomic E-state index is 11.4. The first-order valence-corrected chi connectivity index (χ1v) is 7.70. The van der Waals surface area contributed by atoms with Crippen molar-refractivity contribution in [3.8, 4) is 0 Å². The van der Waals surface area contributed by atoms with Gasteiger partial charge in [0.05, 0.1) is 17.2 Å². The fourth-order valence-electron chi connectivity index (χ4n) is 2.51. The average molecular weight is 331 g/mol. The zero-order valence-electron chi connectivity index (χ0n) is 13.5. The highest BCUT2D eigenvalue weighted by atomic mass is 16.4. The Bertz CT molecular complexity index is 976. The molecule has 5 nitrogen and oxygen atoms in total. The summed E-state index contributed by atoms with van der Waals surface area (Å²) >= 11 is 0. The number of pyridine rings is 1. The molecule has 0 unspecified atom stereocenters. The number of benzene rings is 2. The van der Waals surface area contributed by atoms with E-state index in [2.05, 4.69) is 10.3 Å². The Morgan fingerprint density at radius 2 is 1.76 bits per heavy atom. The van der Waals surface area contributed by atoms with Crippen molar-refractivity contribution in [2.45, 2.75) is 6.92 Å². The Kier molecular flexibility index (Phi) is 4.57.